The number of hydrogen-bond donors (Lipinski definition) is 1. The largest absolute Gasteiger partial charge is 1.00 e. The zero-order chi connectivity index (χ0) is 24.4. The topological polar surface area (TPSA) is 179 Å². The van der Waals surface area contributed by atoms with E-state index in [0.29, 0.717) is 5.56 Å². The van der Waals surface area contributed by atoms with Crippen LogP contribution in [-0.2, 0) is 11.3 Å². The summed E-state index contributed by atoms with van der Waals surface area (Å²) in [4.78, 5) is 56.7. The third kappa shape index (κ3) is 6.44. The molecule has 11 nitrogen and oxygen atoms in total. The van der Waals surface area contributed by atoms with Crippen molar-refractivity contribution >= 4 is 33.9 Å². The molecule has 2 aromatic carbocycles. The van der Waals surface area contributed by atoms with Crippen molar-refractivity contribution in [2.24, 2.45) is 0 Å². The zero-order valence-electron chi connectivity index (χ0n) is 19.1. The minimum Gasteiger partial charge on any atom is -0.542 e. The summed E-state index contributed by atoms with van der Waals surface area (Å²) in [6.45, 7) is -0.377. The first-order valence-electron chi connectivity index (χ1n) is 9.77. The van der Waals surface area contributed by atoms with Crippen LogP contribution in [0.2, 0.25) is 0 Å². The Kier molecular flexibility index (Phi) is 10.5. The number of hydrogen-bond acceptors (Lipinski definition) is 11. The van der Waals surface area contributed by atoms with Crippen LogP contribution >= 0.6 is 0 Å². The number of carbonyl (C=O) groups is 2. The van der Waals surface area contributed by atoms with Gasteiger partial charge in [0.25, 0.3) is 0 Å². The van der Waals surface area contributed by atoms with Gasteiger partial charge in [-0.25, -0.2) is 0 Å². The van der Waals surface area contributed by atoms with Gasteiger partial charge in [0.15, 0.2) is 28.1 Å². The van der Waals surface area contributed by atoms with Crippen molar-refractivity contribution in [3.05, 3.63) is 86.1 Å². The van der Waals surface area contributed by atoms with Crippen LogP contribution in [0.1, 0.15) is 26.7 Å². The maximum atomic E-state index is 12.4. The molecular weight excluding hydrogens is 498 g/mol. The molecule has 0 saturated carbocycles. The van der Waals surface area contributed by atoms with E-state index in [-0.39, 0.29) is 99.8 Å². The smallest absolute Gasteiger partial charge is 0.542 e. The fraction of sp³-hybridized carbons (Fsp3) is 0.130. The molecule has 0 saturated heterocycles. The van der Waals surface area contributed by atoms with Gasteiger partial charge in [-0.1, -0.05) is 18.2 Å². The van der Waals surface area contributed by atoms with Gasteiger partial charge in [-0.15, -0.1) is 0 Å². The van der Waals surface area contributed by atoms with Crippen LogP contribution < -0.4 is 85.1 Å². The average Bonchev–Trinajstić information content (AvgIpc) is 2.78. The first kappa shape index (κ1) is 29.7. The van der Waals surface area contributed by atoms with E-state index in [1.165, 1.54) is 30.3 Å². The minimum atomic E-state index is -1.65. The van der Waals surface area contributed by atoms with Crippen LogP contribution in [0.25, 0.3) is 21.9 Å². The van der Waals surface area contributed by atoms with Crippen molar-refractivity contribution in [2.45, 2.75) is 12.5 Å². The summed E-state index contributed by atoms with van der Waals surface area (Å²) in [6, 6.07) is 10.2. The molecular formula is C23H14Na2O11. The molecule has 0 radical (unpaired) electrons. The fourth-order valence-electron chi connectivity index (χ4n) is 3.39. The number of fused-ring (bicyclic) bond motifs is 2. The van der Waals surface area contributed by atoms with Crippen molar-refractivity contribution in [3.8, 4) is 5.75 Å². The molecule has 1 N–H and O–H groups in total. The number of aliphatic hydroxyl groups is 1. The Morgan fingerprint density at radius 3 is 1.97 bits per heavy atom. The van der Waals surface area contributed by atoms with E-state index in [1.807, 2.05) is 0 Å². The number of rotatable bonds is 8. The van der Waals surface area contributed by atoms with Gasteiger partial charge in [-0.05, 0) is 23.8 Å². The van der Waals surface area contributed by atoms with Crippen molar-refractivity contribution < 1.29 is 103 Å². The van der Waals surface area contributed by atoms with E-state index < -0.39 is 40.4 Å². The Labute approximate surface area is 245 Å². The minimum absolute atomic E-state index is 0. The summed E-state index contributed by atoms with van der Waals surface area (Å²) in [6.07, 6.45) is -1.23. The second-order valence-corrected chi connectivity index (χ2v) is 7.17. The van der Waals surface area contributed by atoms with Crippen LogP contribution in [0.4, 0.5) is 0 Å². The van der Waals surface area contributed by atoms with Gasteiger partial charge in [0.05, 0.1) is 11.5 Å². The monoisotopic (exact) mass is 512 g/mol. The van der Waals surface area contributed by atoms with E-state index >= 15 is 0 Å². The quantitative estimate of drug-likeness (QED) is 0.135. The van der Waals surface area contributed by atoms with Crippen LogP contribution in [0.5, 0.6) is 5.75 Å². The summed E-state index contributed by atoms with van der Waals surface area (Å²) in [5, 5.41) is 32.3. The summed E-state index contributed by atoms with van der Waals surface area (Å²) in [7, 11) is 0. The third-order valence-electron chi connectivity index (χ3n) is 4.82. The van der Waals surface area contributed by atoms with Gasteiger partial charge in [-0.3, -0.25) is 9.59 Å². The number of aliphatic hydroxyl groups excluding tert-OH is 1. The van der Waals surface area contributed by atoms with Gasteiger partial charge in [0.1, 0.15) is 35.1 Å². The maximum absolute atomic E-state index is 12.4. The molecule has 0 spiro atoms. The summed E-state index contributed by atoms with van der Waals surface area (Å²) >= 11 is 0. The molecule has 0 aliphatic heterocycles. The molecule has 0 bridgehead atoms. The Hall–Kier alpha value is -2.48. The normalized spacial score (nSPS) is 11.4. The SMILES string of the molecule is O=C([O-])c1cc(=O)c2c(CC(O)COOc3cccc4oc(C(=O)[O-])cc(=O)c34)cccc2o1.[Na+].[Na+]. The molecule has 2 aromatic heterocycles. The van der Waals surface area contributed by atoms with Crippen LogP contribution in [0.3, 0.4) is 0 Å². The number of carboxylic acid groups (broad SMARTS) is 2. The van der Waals surface area contributed by atoms with Gasteiger partial charge in [0.2, 0.25) is 0 Å². The molecule has 36 heavy (non-hydrogen) atoms. The van der Waals surface area contributed by atoms with Crippen LogP contribution in [-0.4, -0.2) is 29.8 Å². The number of benzene rings is 2. The molecule has 4 rings (SSSR count). The van der Waals surface area contributed by atoms with Gasteiger partial charge in [-0.2, -0.15) is 4.89 Å². The fourth-order valence-corrected chi connectivity index (χ4v) is 3.39. The summed E-state index contributed by atoms with van der Waals surface area (Å²) < 4.78 is 10.3. The second kappa shape index (κ2) is 12.7. The van der Waals surface area contributed by atoms with E-state index in [4.69, 9.17) is 18.6 Å². The van der Waals surface area contributed by atoms with Gasteiger partial charge < -0.3 is 38.6 Å². The summed E-state index contributed by atoms with van der Waals surface area (Å²) in [5.41, 5.74) is -0.968. The standard InChI is InChI=1S/C23H16O11.2Na/c24-12(7-11-3-1-4-15-20(11)13(25)8-18(32-15)22(27)28)10-31-34-17-6-2-5-16-21(17)14(26)9-19(33-16)23(29)30;;/h1-6,8-9,12,24H,7,10H2,(H,27,28)(H,29,30);;/q;2*+1/p-2. The first-order chi connectivity index (χ1) is 16.2. The van der Waals surface area contributed by atoms with E-state index in [1.54, 1.807) is 6.07 Å². The predicted molar refractivity (Wildman–Crippen MR) is 110 cm³/mol. The van der Waals surface area contributed by atoms with Gasteiger partial charge >= 0.3 is 59.1 Å². The van der Waals surface area contributed by atoms with E-state index in [9.17, 15) is 34.5 Å². The number of carboxylic acids is 2. The average molecular weight is 512 g/mol. The Morgan fingerprint density at radius 1 is 0.861 bits per heavy atom. The maximum Gasteiger partial charge on any atom is 1.00 e. The molecule has 13 heteroatoms. The molecule has 0 aliphatic rings. The summed E-state index contributed by atoms with van der Waals surface area (Å²) in [5.74, 6) is -4.60. The van der Waals surface area contributed by atoms with Gasteiger partial charge in [0, 0.05) is 18.6 Å². The van der Waals surface area contributed by atoms with E-state index in [0.717, 1.165) is 12.1 Å². The molecule has 0 fully saturated rings. The second-order valence-electron chi connectivity index (χ2n) is 7.17. The van der Waals surface area contributed by atoms with Crippen molar-refractivity contribution in [1.29, 1.82) is 0 Å². The molecule has 4 aromatic rings. The molecule has 2 heterocycles. The Balaban J connectivity index is 0.00000228. The number of carbonyl (C=O) groups excluding carboxylic acids is 2. The Bertz CT molecular complexity index is 1540. The Morgan fingerprint density at radius 2 is 1.39 bits per heavy atom. The van der Waals surface area contributed by atoms with Crippen molar-refractivity contribution in [3.63, 3.8) is 0 Å². The molecule has 0 amide bonds. The molecule has 174 valence electrons. The molecule has 1 atom stereocenters. The number of aromatic carboxylic acids is 2. The molecule has 1 unspecified atom stereocenters. The predicted octanol–water partition coefficient (Wildman–Crippen LogP) is -6.45. The molecule has 0 aliphatic carbocycles. The van der Waals surface area contributed by atoms with Crippen molar-refractivity contribution in [2.75, 3.05) is 6.61 Å². The van der Waals surface area contributed by atoms with Crippen LogP contribution in [0, 0.1) is 0 Å². The van der Waals surface area contributed by atoms with Crippen molar-refractivity contribution in [1.82, 2.24) is 0 Å². The first-order valence-corrected chi connectivity index (χ1v) is 9.77. The van der Waals surface area contributed by atoms with E-state index in [2.05, 4.69) is 0 Å². The van der Waals surface area contributed by atoms with Crippen LogP contribution in [0.15, 0.2) is 67.0 Å². The third-order valence-corrected chi connectivity index (χ3v) is 4.82. The zero-order valence-corrected chi connectivity index (χ0v) is 23.1.